The largest absolute Gasteiger partial charge is 0.550 e. The lowest BCUT2D eigenvalue weighted by molar-refractivity contribution is -0.347. The molecule has 0 aliphatic heterocycles. The standard InChI is InChI=1S/C20H22N4O8/c25-11-21-7-3-15(23-13-27)9-19(17(29)30)5-1-2-6-20(19,18(31)32)10-16(24-14-28)4-8-22-12-26/h1-2,15-16H,3-10H2,(H,29,30)(H,31,32)/p-2. The average Bonchev–Trinajstić information content (AvgIpc) is 2.75. The van der Waals surface area contributed by atoms with Gasteiger partial charge in [-0.1, -0.05) is 12.2 Å². The van der Waals surface area contributed by atoms with Crippen LogP contribution in [0.2, 0.25) is 0 Å². The van der Waals surface area contributed by atoms with Crippen molar-refractivity contribution in [3.8, 4) is 0 Å². The first-order valence-electron chi connectivity index (χ1n) is 9.62. The summed E-state index contributed by atoms with van der Waals surface area (Å²) in [5.74, 6) is -3.42. The molecule has 4 atom stereocenters. The minimum atomic E-state index is -2.10. The first-order chi connectivity index (χ1) is 15.3. The minimum absolute atomic E-state index is 0.0453. The van der Waals surface area contributed by atoms with Gasteiger partial charge in [0.05, 0.1) is 25.2 Å². The highest BCUT2D eigenvalue weighted by Crippen LogP contribution is 2.54. The van der Waals surface area contributed by atoms with Gasteiger partial charge >= 0.3 is 0 Å². The number of aliphatic carboxylic acids is 2. The molecule has 1 rings (SSSR count). The first-order valence-corrected chi connectivity index (χ1v) is 9.62. The zero-order valence-electron chi connectivity index (χ0n) is 17.0. The molecule has 0 amide bonds. The van der Waals surface area contributed by atoms with E-state index in [-0.39, 0.29) is 38.8 Å². The van der Waals surface area contributed by atoms with Crippen LogP contribution in [0.4, 0.5) is 0 Å². The molecule has 1 aliphatic carbocycles. The van der Waals surface area contributed by atoms with E-state index < -0.39 is 47.7 Å². The molecule has 0 radical (unpaired) electrons. The Morgan fingerprint density at radius 2 is 1.12 bits per heavy atom. The lowest BCUT2D eigenvalue weighted by atomic mass is 9.53. The predicted molar refractivity (Wildman–Crippen MR) is 102 cm³/mol. The van der Waals surface area contributed by atoms with Gasteiger partial charge in [-0.25, -0.2) is 39.1 Å². The molecule has 0 aromatic carbocycles. The Bertz CT molecular complexity index is 850. The second-order valence-electron chi connectivity index (χ2n) is 7.30. The Morgan fingerprint density at radius 1 is 0.750 bits per heavy atom. The van der Waals surface area contributed by atoms with Gasteiger partial charge in [0.15, 0.2) is 0 Å². The molecule has 0 saturated carbocycles. The summed E-state index contributed by atoms with van der Waals surface area (Å²) in [6.07, 6.45) is 6.61. The number of carboxylic acid groups (broad SMARTS) is 2. The first kappa shape index (κ1) is 26.2. The Morgan fingerprint density at radius 3 is 1.41 bits per heavy atom. The number of hydrogen-bond donors (Lipinski definition) is 0. The van der Waals surface area contributed by atoms with Crippen molar-refractivity contribution in [3.05, 3.63) is 12.2 Å². The van der Waals surface area contributed by atoms with E-state index in [2.05, 4.69) is 20.0 Å². The van der Waals surface area contributed by atoms with Crippen molar-refractivity contribution in [2.45, 2.75) is 50.6 Å². The second kappa shape index (κ2) is 12.8. The van der Waals surface area contributed by atoms with Crippen LogP contribution in [0, 0.1) is 10.8 Å². The van der Waals surface area contributed by atoms with Crippen LogP contribution < -0.4 is 10.2 Å². The average molecular weight is 444 g/mol. The zero-order chi connectivity index (χ0) is 24.0. The van der Waals surface area contributed by atoms with Crippen LogP contribution in [-0.4, -0.2) is 61.4 Å². The maximum absolute atomic E-state index is 12.4. The van der Waals surface area contributed by atoms with Gasteiger partial charge in [-0.15, -0.1) is 0 Å². The van der Waals surface area contributed by atoms with Gasteiger partial charge in [-0.3, -0.25) is 0 Å². The summed E-state index contributed by atoms with van der Waals surface area (Å²) < 4.78 is 0. The SMILES string of the molecule is O=C=NCCC(CC1(C(=O)[O-])CC=CCC1(CC(CCN=C=O)N=C=O)C(=O)[O-])N=C=O. The monoisotopic (exact) mass is 444 g/mol. The third-order valence-corrected chi connectivity index (χ3v) is 5.71. The summed E-state index contributed by atoms with van der Waals surface area (Å²) in [7, 11) is 0. The van der Waals surface area contributed by atoms with Crippen LogP contribution in [0.3, 0.4) is 0 Å². The molecule has 12 heteroatoms. The normalized spacial score (nSPS) is 23.2. The minimum Gasteiger partial charge on any atom is -0.550 e. The van der Waals surface area contributed by atoms with E-state index in [1.165, 1.54) is 36.5 Å². The Labute approximate surface area is 182 Å². The number of nitrogens with zero attached hydrogens (tertiary/aromatic N) is 4. The van der Waals surface area contributed by atoms with Gasteiger partial charge in [0.25, 0.3) is 0 Å². The molecule has 0 heterocycles. The Kier molecular flexibility index (Phi) is 10.5. The summed E-state index contributed by atoms with van der Waals surface area (Å²) >= 11 is 0. The zero-order valence-corrected chi connectivity index (χ0v) is 17.0. The Balaban J connectivity index is 3.53. The van der Waals surface area contributed by atoms with E-state index in [1.54, 1.807) is 0 Å². The fourth-order valence-corrected chi connectivity index (χ4v) is 4.14. The number of rotatable bonds is 14. The topological polar surface area (TPSA) is 198 Å². The summed E-state index contributed by atoms with van der Waals surface area (Å²) in [6.45, 7) is -0.253. The molecule has 0 N–H and O–H groups in total. The van der Waals surface area contributed by atoms with E-state index in [1.807, 2.05) is 0 Å². The van der Waals surface area contributed by atoms with Crippen molar-refractivity contribution in [2.75, 3.05) is 13.1 Å². The molecular weight excluding hydrogens is 424 g/mol. The van der Waals surface area contributed by atoms with Crippen molar-refractivity contribution in [1.29, 1.82) is 0 Å². The van der Waals surface area contributed by atoms with Gasteiger partial charge in [-0.2, -0.15) is 0 Å². The lowest BCUT2D eigenvalue weighted by Crippen LogP contribution is -2.63. The summed E-state index contributed by atoms with van der Waals surface area (Å²) in [5.41, 5.74) is -4.19. The number of carbonyl (C=O) groups is 2. The number of hydrogen-bond acceptors (Lipinski definition) is 12. The highest BCUT2D eigenvalue weighted by atomic mass is 16.4. The third-order valence-electron chi connectivity index (χ3n) is 5.71. The third kappa shape index (κ3) is 6.11. The number of carboxylic acids is 2. The van der Waals surface area contributed by atoms with Crippen molar-refractivity contribution in [3.63, 3.8) is 0 Å². The van der Waals surface area contributed by atoms with Crippen molar-refractivity contribution in [1.82, 2.24) is 0 Å². The number of isocyanates is 4. The lowest BCUT2D eigenvalue weighted by Gasteiger charge is -2.54. The molecule has 0 bridgehead atoms. The van der Waals surface area contributed by atoms with E-state index in [0.717, 1.165) is 0 Å². The fourth-order valence-electron chi connectivity index (χ4n) is 4.14. The van der Waals surface area contributed by atoms with E-state index in [4.69, 9.17) is 0 Å². The van der Waals surface area contributed by atoms with Gasteiger partial charge < -0.3 is 19.8 Å². The smallest absolute Gasteiger partial charge is 0.235 e. The number of allylic oxidation sites excluding steroid dienone is 2. The maximum atomic E-state index is 12.4. The van der Waals surface area contributed by atoms with Gasteiger partial charge in [-0.05, 0) is 38.5 Å². The second-order valence-corrected chi connectivity index (χ2v) is 7.30. The van der Waals surface area contributed by atoms with Crippen LogP contribution in [0.1, 0.15) is 38.5 Å². The molecule has 4 unspecified atom stereocenters. The van der Waals surface area contributed by atoms with Crippen molar-refractivity contribution in [2.24, 2.45) is 30.8 Å². The molecule has 0 saturated heterocycles. The van der Waals surface area contributed by atoms with Crippen LogP contribution >= 0.6 is 0 Å². The Hall–Kier alpha value is -3.80. The number of carbonyl (C=O) groups excluding carboxylic acids is 6. The van der Waals surface area contributed by atoms with Gasteiger partial charge in [0, 0.05) is 22.8 Å². The van der Waals surface area contributed by atoms with E-state index in [0.29, 0.717) is 0 Å². The van der Waals surface area contributed by atoms with E-state index >= 15 is 0 Å². The molecule has 0 spiro atoms. The van der Waals surface area contributed by atoms with Crippen molar-refractivity contribution >= 4 is 36.3 Å². The molecule has 1 aliphatic rings. The highest BCUT2D eigenvalue weighted by Gasteiger charge is 2.55. The summed E-state index contributed by atoms with van der Waals surface area (Å²) in [6, 6.07) is -2.08. The molecule has 170 valence electrons. The van der Waals surface area contributed by atoms with Crippen LogP contribution in [0.5, 0.6) is 0 Å². The van der Waals surface area contributed by atoms with Crippen LogP contribution in [-0.2, 0) is 28.8 Å². The van der Waals surface area contributed by atoms with Crippen LogP contribution in [0.15, 0.2) is 32.1 Å². The summed E-state index contributed by atoms with van der Waals surface area (Å²) in [4.78, 5) is 81.0. The fraction of sp³-hybridized carbons (Fsp3) is 0.600. The van der Waals surface area contributed by atoms with E-state index in [9.17, 15) is 39.0 Å². The van der Waals surface area contributed by atoms with Crippen molar-refractivity contribution < 1.29 is 39.0 Å². The molecule has 0 aromatic rings. The maximum Gasteiger partial charge on any atom is 0.235 e. The highest BCUT2D eigenvalue weighted by molar-refractivity contribution is 5.86. The van der Waals surface area contributed by atoms with Gasteiger partial charge in [0.2, 0.25) is 24.3 Å². The van der Waals surface area contributed by atoms with Crippen LogP contribution in [0.25, 0.3) is 0 Å². The number of aliphatic imine (C=N–C) groups is 4. The molecule has 0 aromatic heterocycles. The quantitative estimate of drug-likeness (QED) is 0.174. The molecule has 0 fully saturated rings. The van der Waals surface area contributed by atoms with Gasteiger partial charge in [0.1, 0.15) is 0 Å². The molecule has 32 heavy (non-hydrogen) atoms. The summed E-state index contributed by atoms with van der Waals surface area (Å²) in [5, 5.41) is 24.9. The predicted octanol–water partition coefficient (Wildman–Crippen LogP) is -1.55. The molecule has 12 nitrogen and oxygen atoms in total. The molecular formula is C20H20N4O8-2.